The summed E-state index contributed by atoms with van der Waals surface area (Å²) >= 11 is 0. The molecule has 0 rings (SSSR count). The summed E-state index contributed by atoms with van der Waals surface area (Å²) in [6.07, 6.45) is 0.706. The van der Waals surface area contributed by atoms with E-state index in [4.69, 9.17) is 0 Å². The number of nitrogens with one attached hydrogen (secondary N) is 2. The molecule has 0 aromatic rings. The van der Waals surface area contributed by atoms with Gasteiger partial charge in [-0.15, -0.1) is 0 Å². The van der Waals surface area contributed by atoms with Crippen LogP contribution in [0.1, 0.15) is 41.5 Å². The van der Waals surface area contributed by atoms with Gasteiger partial charge in [-0.25, -0.2) is 4.79 Å². The maximum atomic E-state index is 11.7. The Labute approximate surface area is 109 Å². The van der Waals surface area contributed by atoms with E-state index in [0.29, 0.717) is 6.29 Å². The number of amides is 2. The van der Waals surface area contributed by atoms with Crippen molar-refractivity contribution in [2.75, 3.05) is 0 Å². The van der Waals surface area contributed by atoms with Crippen LogP contribution in [0.3, 0.4) is 0 Å². The molecule has 0 spiro atoms. The molecule has 0 aromatic heterocycles. The zero-order valence-corrected chi connectivity index (χ0v) is 12.0. The van der Waals surface area contributed by atoms with Crippen molar-refractivity contribution in [1.82, 2.24) is 10.6 Å². The van der Waals surface area contributed by atoms with Crippen LogP contribution in [0, 0.1) is 11.3 Å². The Hall–Kier alpha value is -1.39. The molecule has 0 aliphatic carbocycles. The normalized spacial score (nSPS) is 14.8. The number of hydrogen-bond donors (Lipinski definition) is 2. The summed E-state index contributed by atoms with van der Waals surface area (Å²) in [5.74, 6) is -0.0869. The van der Waals surface area contributed by atoms with Gasteiger partial charge in [-0.2, -0.15) is 0 Å². The summed E-state index contributed by atoms with van der Waals surface area (Å²) in [7, 11) is 0. The maximum Gasteiger partial charge on any atom is 0.315 e. The molecule has 0 fully saturated rings. The summed E-state index contributed by atoms with van der Waals surface area (Å²) in [6, 6.07) is -1.61. The lowest BCUT2D eigenvalue weighted by molar-refractivity contribution is -0.119. The molecule has 2 atom stereocenters. The Balaban J connectivity index is 4.59. The van der Waals surface area contributed by atoms with Crippen molar-refractivity contribution in [3.63, 3.8) is 0 Å². The Morgan fingerprint density at radius 1 is 1.11 bits per heavy atom. The van der Waals surface area contributed by atoms with Crippen molar-refractivity contribution in [3.05, 3.63) is 0 Å². The lowest BCUT2D eigenvalue weighted by Gasteiger charge is -2.28. The number of Topliss-reactive ketones (excluding diaryl/α,β-unsaturated/α-hetero) is 1. The Kier molecular flexibility index (Phi) is 6.01. The summed E-state index contributed by atoms with van der Waals surface area (Å²) in [5.41, 5.74) is -0.358. The third-order valence-electron chi connectivity index (χ3n) is 2.75. The molecule has 2 N–H and O–H groups in total. The Morgan fingerprint density at radius 3 is 1.89 bits per heavy atom. The number of carbonyl (C=O) groups excluding carboxylic acids is 3. The minimum atomic E-state index is -0.586. The summed E-state index contributed by atoms with van der Waals surface area (Å²) < 4.78 is 0. The monoisotopic (exact) mass is 256 g/mol. The van der Waals surface area contributed by atoms with Gasteiger partial charge in [-0.3, -0.25) is 4.79 Å². The molecule has 18 heavy (non-hydrogen) atoms. The molecule has 0 saturated heterocycles. The van der Waals surface area contributed by atoms with Gasteiger partial charge in [-0.05, 0) is 18.3 Å². The highest BCUT2D eigenvalue weighted by molar-refractivity contribution is 5.87. The van der Waals surface area contributed by atoms with Crippen LogP contribution in [0.5, 0.6) is 0 Å². The molecule has 104 valence electrons. The zero-order valence-electron chi connectivity index (χ0n) is 12.0. The smallest absolute Gasteiger partial charge is 0.315 e. The second-order valence-corrected chi connectivity index (χ2v) is 5.93. The van der Waals surface area contributed by atoms with Crippen LogP contribution in [-0.4, -0.2) is 30.2 Å². The second kappa shape index (κ2) is 6.52. The molecule has 2 amide bonds. The van der Waals surface area contributed by atoms with Crippen molar-refractivity contribution < 1.29 is 14.4 Å². The Bertz CT molecular complexity index is 313. The molecule has 0 aliphatic heterocycles. The van der Waals surface area contributed by atoms with Crippen LogP contribution in [0.2, 0.25) is 0 Å². The van der Waals surface area contributed by atoms with Crippen molar-refractivity contribution in [2.45, 2.75) is 53.6 Å². The summed E-state index contributed by atoms with van der Waals surface area (Å²) in [4.78, 5) is 34.0. The molecule has 0 saturated carbocycles. The van der Waals surface area contributed by atoms with Crippen molar-refractivity contribution in [3.8, 4) is 0 Å². The first-order chi connectivity index (χ1) is 8.09. The van der Waals surface area contributed by atoms with Gasteiger partial charge in [-0.1, -0.05) is 34.6 Å². The van der Waals surface area contributed by atoms with Crippen molar-refractivity contribution >= 4 is 18.1 Å². The summed E-state index contributed by atoms with van der Waals surface area (Å²) in [6.45, 7) is 10.7. The van der Waals surface area contributed by atoms with E-state index in [1.54, 1.807) is 0 Å². The van der Waals surface area contributed by atoms with Crippen LogP contribution in [0.4, 0.5) is 4.79 Å². The molecule has 5 heteroatoms. The van der Waals surface area contributed by atoms with E-state index in [1.807, 2.05) is 34.6 Å². The number of urea groups is 1. The first kappa shape index (κ1) is 16.6. The van der Waals surface area contributed by atoms with Gasteiger partial charge in [0, 0.05) is 0 Å². The standard InChI is InChI=1S/C13H24N2O3/c1-8(2)11(9(3)17)15-12(18)14-10(7-16)13(4,5)6/h7-8,10-11H,1-6H3,(H2,14,15,18). The highest BCUT2D eigenvalue weighted by Crippen LogP contribution is 2.17. The molecule has 2 unspecified atom stereocenters. The highest BCUT2D eigenvalue weighted by Gasteiger charge is 2.27. The lowest BCUT2D eigenvalue weighted by Crippen LogP contribution is -2.53. The van der Waals surface area contributed by atoms with E-state index < -0.39 is 18.1 Å². The third kappa shape index (κ3) is 5.29. The first-order valence-electron chi connectivity index (χ1n) is 6.12. The van der Waals surface area contributed by atoms with E-state index in [0.717, 1.165) is 0 Å². The van der Waals surface area contributed by atoms with Crippen molar-refractivity contribution in [1.29, 1.82) is 0 Å². The van der Waals surface area contributed by atoms with Crippen LogP contribution in [0.25, 0.3) is 0 Å². The number of rotatable bonds is 5. The average Bonchev–Trinajstić information content (AvgIpc) is 2.19. The van der Waals surface area contributed by atoms with Gasteiger partial charge < -0.3 is 15.4 Å². The van der Waals surface area contributed by atoms with Gasteiger partial charge in [0.05, 0.1) is 12.1 Å². The van der Waals surface area contributed by atoms with Crippen LogP contribution >= 0.6 is 0 Å². The average molecular weight is 256 g/mol. The van der Waals surface area contributed by atoms with Gasteiger partial charge in [0.25, 0.3) is 0 Å². The van der Waals surface area contributed by atoms with E-state index in [2.05, 4.69) is 10.6 Å². The predicted octanol–water partition coefficient (Wildman–Crippen LogP) is 1.51. The number of carbonyl (C=O) groups is 3. The van der Waals surface area contributed by atoms with Gasteiger partial charge in [0.15, 0.2) is 5.78 Å². The molecule has 0 bridgehead atoms. The Morgan fingerprint density at radius 2 is 1.61 bits per heavy atom. The number of aldehydes is 1. The molecular weight excluding hydrogens is 232 g/mol. The second-order valence-electron chi connectivity index (χ2n) is 5.93. The fraction of sp³-hybridized carbons (Fsp3) is 0.769. The van der Waals surface area contributed by atoms with E-state index >= 15 is 0 Å². The fourth-order valence-corrected chi connectivity index (χ4v) is 1.52. The predicted molar refractivity (Wildman–Crippen MR) is 70.3 cm³/mol. The zero-order chi connectivity index (χ0) is 14.5. The molecular formula is C13H24N2O3. The molecule has 5 nitrogen and oxygen atoms in total. The summed E-state index contributed by atoms with van der Waals surface area (Å²) in [5, 5.41) is 5.17. The van der Waals surface area contributed by atoms with Crippen molar-refractivity contribution in [2.24, 2.45) is 11.3 Å². The van der Waals surface area contributed by atoms with Gasteiger partial charge >= 0.3 is 6.03 Å². The lowest BCUT2D eigenvalue weighted by atomic mass is 9.88. The minimum absolute atomic E-state index is 0.0116. The van der Waals surface area contributed by atoms with E-state index in [-0.39, 0.29) is 17.1 Å². The largest absolute Gasteiger partial charge is 0.328 e. The third-order valence-corrected chi connectivity index (χ3v) is 2.75. The quantitative estimate of drug-likeness (QED) is 0.732. The maximum absolute atomic E-state index is 11.7. The van der Waals surface area contributed by atoms with Crippen LogP contribution in [-0.2, 0) is 9.59 Å². The SMILES string of the molecule is CC(=O)C(NC(=O)NC(C=O)C(C)(C)C)C(C)C. The van der Waals surface area contributed by atoms with Crippen LogP contribution in [0.15, 0.2) is 0 Å². The number of ketones is 1. The fourth-order valence-electron chi connectivity index (χ4n) is 1.52. The topological polar surface area (TPSA) is 75.3 Å². The molecule has 0 heterocycles. The van der Waals surface area contributed by atoms with Gasteiger partial charge in [0.2, 0.25) is 0 Å². The van der Waals surface area contributed by atoms with E-state index in [1.165, 1.54) is 6.92 Å². The number of hydrogen-bond acceptors (Lipinski definition) is 3. The van der Waals surface area contributed by atoms with Crippen LogP contribution < -0.4 is 10.6 Å². The minimum Gasteiger partial charge on any atom is -0.328 e. The molecule has 0 aromatic carbocycles. The van der Waals surface area contributed by atoms with Gasteiger partial charge in [0.1, 0.15) is 6.29 Å². The molecule has 0 aliphatic rings. The highest BCUT2D eigenvalue weighted by atomic mass is 16.2. The first-order valence-corrected chi connectivity index (χ1v) is 6.12. The van der Waals surface area contributed by atoms with E-state index in [9.17, 15) is 14.4 Å². The molecule has 0 radical (unpaired) electrons.